The number of piperidine rings is 1. The highest BCUT2D eigenvalue weighted by Gasteiger charge is 2.39. The van der Waals surface area contributed by atoms with E-state index in [9.17, 15) is 4.79 Å². The Morgan fingerprint density at radius 1 is 1.30 bits per heavy atom. The molecule has 1 fully saturated rings. The molecule has 0 aromatic heterocycles. The minimum Gasteiger partial charge on any atom is -0.485 e. The van der Waals surface area contributed by atoms with E-state index in [1.54, 1.807) is 6.92 Å². The van der Waals surface area contributed by atoms with Crippen molar-refractivity contribution in [1.82, 2.24) is 10.2 Å². The normalized spacial score (nSPS) is 20.4. The van der Waals surface area contributed by atoms with Crippen LogP contribution in [0.3, 0.4) is 0 Å². The molecule has 20 heavy (non-hydrogen) atoms. The van der Waals surface area contributed by atoms with Crippen molar-refractivity contribution in [2.24, 2.45) is 0 Å². The molecule has 1 N–H and O–H groups in total. The first kappa shape index (κ1) is 15.1. The van der Waals surface area contributed by atoms with Gasteiger partial charge in [0.25, 0.3) is 0 Å². The van der Waals surface area contributed by atoms with Crippen molar-refractivity contribution < 1.29 is 9.53 Å². The van der Waals surface area contributed by atoms with Crippen LogP contribution in [-0.4, -0.2) is 36.0 Å². The van der Waals surface area contributed by atoms with Crippen molar-refractivity contribution in [3.05, 3.63) is 29.8 Å². The lowest BCUT2D eigenvalue weighted by molar-refractivity contribution is -0.132. The fourth-order valence-electron chi connectivity index (χ4n) is 2.97. The van der Waals surface area contributed by atoms with Gasteiger partial charge >= 0.3 is 0 Å². The molecule has 1 spiro atoms. The van der Waals surface area contributed by atoms with E-state index in [1.807, 2.05) is 29.2 Å². The third-order valence-corrected chi connectivity index (χ3v) is 4.10. The van der Waals surface area contributed by atoms with E-state index in [4.69, 9.17) is 4.74 Å². The number of halogens is 1. The molecule has 0 unspecified atom stereocenters. The summed E-state index contributed by atoms with van der Waals surface area (Å²) in [7, 11) is 0. The van der Waals surface area contributed by atoms with Crippen molar-refractivity contribution in [3.63, 3.8) is 0 Å². The lowest BCUT2D eigenvalue weighted by Crippen LogP contribution is -2.53. The Morgan fingerprint density at radius 2 is 2.00 bits per heavy atom. The summed E-state index contributed by atoms with van der Waals surface area (Å²) in [4.78, 5) is 13.8. The van der Waals surface area contributed by atoms with Crippen LogP contribution in [0.5, 0.6) is 5.75 Å². The monoisotopic (exact) mass is 296 g/mol. The molecule has 4 nitrogen and oxygen atoms in total. The average Bonchev–Trinajstić information content (AvgIpc) is 2.56. The highest BCUT2D eigenvalue weighted by atomic mass is 35.5. The van der Waals surface area contributed by atoms with Crippen LogP contribution in [0.1, 0.15) is 25.3 Å². The largest absolute Gasteiger partial charge is 0.485 e. The number of nitrogens with one attached hydrogen (secondary N) is 1. The van der Waals surface area contributed by atoms with Crippen molar-refractivity contribution in [1.29, 1.82) is 0 Å². The van der Waals surface area contributed by atoms with Crippen LogP contribution < -0.4 is 10.1 Å². The number of carbonyl (C=O) groups excluding carboxylic acids is 1. The quantitative estimate of drug-likeness (QED) is 0.796. The number of fused-ring (bicyclic) bond motifs is 1. The highest BCUT2D eigenvalue weighted by Crippen LogP contribution is 2.34. The number of benzene rings is 1. The maximum Gasteiger partial charge on any atom is 0.219 e. The Bertz CT molecular complexity index is 487. The fraction of sp³-hybridized carbons (Fsp3) is 0.533. The topological polar surface area (TPSA) is 41.6 Å². The van der Waals surface area contributed by atoms with E-state index in [0.29, 0.717) is 13.1 Å². The molecule has 0 aliphatic carbocycles. The van der Waals surface area contributed by atoms with Gasteiger partial charge in [-0.1, -0.05) is 18.2 Å². The van der Waals surface area contributed by atoms with Gasteiger partial charge in [0.05, 0.1) is 6.54 Å². The first-order chi connectivity index (χ1) is 9.19. The van der Waals surface area contributed by atoms with Crippen LogP contribution in [0.2, 0.25) is 0 Å². The zero-order valence-corrected chi connectivity index (χ0v) is 12.5. The number of hydrogen-bond acceptors (Lipinski definition) is 3. The van der Waals surface area contributed by atoms with Gasteiger partial charge in [-0.2, -0.15) is 0 Å². The van der Waals surface area contributed by atoms with E-state index in [0.717, 1.165) is 37.2 Å². The Hall–Kier alpha value is -1.26. The summed E-state index contributed by atoms with van der Waals surface area (Å²) in [6.07, 6.45) is 1.90. The van der Waals surface area contributed by atoms with E-state index in [1.165, 1.54) is 0 Å². The standard InChI is InChI=1S/C15H20N2O2.ClH/c1-12(18)17-10-13-4-2-3-5-14(13)19-15(11-17)6-8-16-9-7-15;/h2-5,16H,6-11H2,1H3;1H. The Balaban J connectivity index is 0.00000147. The van der Waals surface area contributed by atoms with Crippen LogP contribution in [0.4, 0.5) is 0 Å². The Labute approximate surface area is 125 Å². The van der Waals surface area contributed by atoms with E-state index in [-0.39, 0.29) is 23.9 Å². The van der Waals surface area contributed by atoms with Gasteiger partial charge in [0.1, 0.15) is 11.4 Å². The lowest BCUT2D eigenvalue weighted by Gasteiger charge is -2.39. The second-order valence-electron chi connectivity index (χ2n) is 5.52. The molecule has 1 amide bonds. The van der Waals surface area contributed by atoms with Gasteiger partial charge in [0.15, 0.2) is 0 Å². The number of ether oxygens (including phenoxy) is 1. The summed E-state index contributed by atoms with van der Waals surface area (Å²) in [5, 5.41) is 3.36. The van der Waals surface area contributed by atoms with Gasteiger partial charge < -0.3 is 15.0 Å². The molecule has 110 valence electrons. The summed E-state index contributed by atoms with van der Waals surface area (Å²) in [5.41, 5.74) is 0.886. The number of nitrogens with zero attached hydrogens (tertiary/aromatic N) is 1. The fourth-order valence-corrected chi connectivity index (χ4v) is 2.97. The van der Waals surface area contributed by atoms with Gasteiger partial charge in [0.2, 0.25) is 5.91 Å². The summed E-state index contributed by atoms with van der Waals surface area (Å²) < 4.78 is 6.33. The third kappa shape index (κ3) is 2.91. The lowest BCUT2D eigenvalue weighted by atomic mass is 9.91. The SMILES string of the molecule is CC(=O)N1Cc2ccccc2OC2(CCNCC2)C1.Cl. The highest BCUT2D eigenvalue weighted by molar-refractivity contribution is 5.85. The smallest absolute Gasteiger partial charge is 0.219 e. The summed E-state index contributed by atoms with van der Waals surface area (Å²) in [6, 6.07) is 8.06. The Morgan fingerprint density at radius 3 is 2.70 bits per heavy atom. The first-order valence-corrected chi connectivity index (χ1v) is 6.92. The molecule has 2 aliphatic heterocycles. The van der Waals surface area contributed by atoms with Crippen molar-refractivity contribution >= 4 is 18.3 Å². The molecule has 1 aromatic rings. The predicted molar refractivity (Wildman–Crippen MR) is 80.2 cm³/mol. The average molecular weight is 297 g/mol. The van der Waals surface area contributed by atoms with Gasteiger partial charge in [-0.05, 0) is 19.2 Å². The van der Waals surface area contributed by atoms with Crippen molar-refractivity contribution in [2.45, 2.75) is 31.9 Å². The van der Waals surface area contributed by atoms with Crippen molar-refractivity contribution in [3.8, 4) is 5.75 Å². The summed E-state index contributed by atoms with van der Waals surface area (Å²) in [5.74, 6) is 1.06. The molecular formula is C15H21ClN2O2. The predicted octanol–water partition coefficient (Wildman–Crippen LogP) is 1.97. The summed E-state index contributed by atoms with van der Waals surface area (Å²) in [6.45, 7) is 4.89. The molecule has 0 atom stereocenters. The van der Waals surface area contributed by atoms with Crippen LogP contribution >= 0.6 is 12.4 Å². The number of amides is 1. The van der Waals surface area contributed by atoms with E-state index >= 15 is 0 Å². The number of para-hydroxylation sites is 1. The van der Waals surface area contributed by atoms with E-state index in [2.05, 4.69) is 5.32 Å². The minimum atomic E-state index is -0.219. The number of rotatable bonds is 0. The van der Waals surface area contributed by atoms with Crippen LogP contribution in [-0.2, 0) is 11.3 Å². The van der Waals surface area contributed by atoms with Crippen LogP contribution in [0.15, 0.2) is 24.3 Å². The number of carbonyl (C=O) groups is 1. The molecule has 0 radical (unpaired) electrons. The molecule has 1 saturated heterocycles. The molecule has 0 saturated carbocycles. The zero-order chi connectivity index (χ0) is 13.3. The molecule has 3 rings (SSSR count). The molecule has 0 bridgehead atoms. The van der Waals surface area contributed by atoms with Gasteiger partial charge in [-0.25, -0.2) is 0 Å². The maximum absolute atomic E-state index is 11.8. The van der Waals surface area contributed by atoms with Crippen LogP contribution in [0, 0.1) is 0 Å². The second-order valence-corrected chi connectivity index (χ2v) is 5.52. The zero-order valence-electron chi connectivity index (χ0n) is 11.7. The van der Waals surface area contributed by atoms with Crippen molar-refractivity contribution in [2.75, 3.05) is 19.6 Å². The maximum atomic E-state index is 11.8. The summed E-state index contributed by atoms with van der Waals surface area (Å²) >= 11 is 0. The van der Waals surface area contributed by atoms with Gasteiger partial charge in [0, 0.05) is 31.9 Å². The third-order valence-electron chi connectivity index (χ3n) is 4.10. The molecule has 2 aliphatic rings. The van der Waals surface area contributed by atoms with E-state index < -0.39 is 0 Å². The second kappa shape index (κ2) is 6.02. The number of hydrogen-bond donors (Lipinski definition) is 1. The molecule has 5 heteroatoms. The first-order valence-electron chi connectivity index (χ1n) is 6.92. The molecule has 2 heterocycles. The molecule has 1 aromatic carbocycles. The van der Waals surface area contributed by atoms with Gasteiger partial charge in [-0.3, -0.25) is 4.79 Å². The molecular weight excluding hydrogens is 276 g/mol. The van der Waals surface area contributed by atoms with Crippen LogP contribution in [0.25, 0.3) is 0 Å². The van der Waals surface area contributed by atoms with Gasteiger partial charge in [-0.15, -0.1) is 12.4 Å². The minimum absolute atomic E-state index is 0. The Kier molecular flexibility index (Phi) is 4.55.